The molecule has 0 fully saturated rings. The van der Waals surface area contributed by atoms with E-state index in [4.69, 9.17) is 10.5 Å². The van der Waals surface area contributed by atoms with Crippen molar-refractivity contribution < 1.29 is 27.4 Å². The molecule has 0 spiro atoms. The van der Waals surface area contributed by atoms with Gasteiger partial charge in [-0.3, -0.25) is 0 Å². The van der Waals surface area contributed by atoms with Crippen LogP contribution in [-0.2, 0) is 9.53 Å². The molecule has 1 atom stereocenters. The van der Waals surface area contributed by atoms with Gasteiger partial charge >= 0.3 is 12.3 Å². The Balaban J connectivity index is 2.98. The topological polar surface area (TPSA) is 61.5 Å². The van der Waals surface area contributed by atoms with Crippen molar-refractivity contribution in [1.82, 2.24) is 0 Å². The van der Waals surface area contributed by atoms with E-state index in [9.17, 15) is 18.0 Å². The zero-order valence-electron chi connectivity index (χ0n) is 11.6. The number of hydrogen-bond acceptors (Lipinski definition) is 4. The van der Waals surface area contributed by atoms with Gasteiger partial charge in [0.2, 0.25) is 0 Å². The first-order chi connectivity index (χ1) is 9.39. The highest BCUT2D eigenvalue weighted by atomic mass is 79.9. The number of alkyl halides is 3. The molecule has 0 aliphatic carbocycles. The van der Waals surface area contributed by atoms with Crippen LogP contribution < -0.4 is 10.5 Å². The lowest BCUT2D eigenvalue weighted by atomic mass is 10.1. The van der Waals surface area contributed by atoms with E-state index in [1.807, 2.05) is 0 Å². The van der Waals surface area contributed by atoms with Gasteiger partial charge < -0.3 is 15.2 Å². The number of carbonyl (C=O) groups excluding carboxylic acids is 1. The minimum atomic E-state index is -4.84. The lowest BCUT2D eigenvalue weighted by Crippen LogP contribution is -2.31. The second kappa shape index (κ2) is 6.23. The van der Waals surface area contributed by atoms with Crippen LogP contribution in [-0.4, -0.2) is 17.9 Å². The second-order valence-corrected chi connectivity index (χ2v) is 6.10. The summed E-state index contributed by atoms with van der Waals surface area (Å²) in [5.41, 5.74) is 5.12. The van der Waals surface area contributed by atoms with Crippen molar-refractivity contribution in [3.8, 4) is 5.75 Å². The summed E-state index contributed by atoms with van der Waals surface area (Å²) < 4.78 is 45.8. The predicted octanol–water partition coefficient (Wildman–Crippen LogP) is 3.69. The van der Waals surface area contributed by atoms with Gasteiger partial charge in [0.15, 0.2) is 0 Å². The van der Waals surface area contributed by atoms with Gasteiger partial charge in [0.25, 0.3) is 0 Å². The largest absolute Gasteiger partial charge is 0.573 e. The maximum atomic E-state index is 12.3. The van der Waals surface area contributed by atoms with E-state index in [2.05, 4.69) is 20.7 Å². The molecule has 1 unspecified atom stereocenters. The van der Waals surface area contributed by atoms with Gasteiger partial charge in [-0.15, -0.1) is 13.2 Å². The van der Waals surface area contributed by atoms with Gasteiger partial charge in [0, 0.05) is 0 Å². The van der Waals surface area contributed by atoms with Crippen LogP contribution in [0.3, 0.4) is 0 Å². The molecule has 0 saturated carbocycles. The van der Waals surface area contributed by atoms with Crippen LogP contribution >= 0.6 is 15.9 Å². The van der Waals surface area contributed by atoms with Gasteiger partial charge in [0.05, 0.1) is 4.47 Å². The van der Waals surface area contributed by atoms with Gasteiger partial charge in [-0.2, -0.15) is 0 Å². The molecule has 21 heavy (non-hydrogen) atoms. The zero-order chi connectivity index (χ0) is 16.4. The number of carbonyl (C=O) groups is 1. The lowest BCUT2D eigenvalue weighted by molar-refractivity contribution is -0.274. The van der Waals surface area contributed by atoms with Crippen LogP contribution in [0.2, 0.25) is 0 Å². The zero-order valence-corrected chi connectivity index (χ0v) is 13.2. The summed E-state index contributed by atoms with van der Waals surface area (Å²) >= 11 is 2.94. The van der Waals surface area contributed by atoms with Gasteiger partial charge in [-0.25, -0.2) is 4.79 Å². The summed E-state index contributed by atoms with van der Waals surface area (Å²) in [6.07, 6.45) is -4.84. The molecule has 0 bridgehead atoms. The number of esters is 1. The average molecular weight is 370 g/mol. The molecular weight excluding hydrogens is 355 g/mol. The third-order valence-electron chi connectivity index (χ3n) is 2.20. The van der Waals surface area contributed by atoms with Crippen molar-refractivity contribution in [3.63, 3.8) is 0 Å². The Hall–Kier alpha value is -1.28. The molecule has 0 radical (unpaired) electrons. The quantitative estimate of drug-likeness (QED) is 0.825. The number of ether oxygens (including phenoxy) is 2. The lowest BCUT2D eigenvalue weighted by Gasteiger charge is -2.22. The first-order valence-electron chi connectivity index (χ1n) is 5.93. The molecule has 0 heterocycles. The minimum Gasteiger partial charge on any atom is -0.459 e. The first-order valence-corrected chi connectivity index (χ1v) is 6.72. The highest BCUT2D eigenvalue weighted by molar-refractivity contribution is 9.10. The summed E-state index contributed by atoms with van der Waals surface area (Å²) in [6, 6.07) is 2.59. The molecular formula is C13H15BrF3NO3. The van der Waals surface area contributed by atoms with E-state index in [1.165, 1.54) is 12.1 Å². The predicted molar refractivity (Wildman–Crippen MR) is 73.6 cm³/mol. The molecule has 1 aromatic rings. The van der Waals surface area contributed by atoms with Crippen molar-refractivity contribution in [2.24, 2.45) is 5.73 Å². The van der Waals surface area contributed by atoms with E-state index in [0.29, 0.717) is 0 Å². The number of nitrogens with two attached hydrogens (primary N) is 1. The fourth-order valence-electron chi connectivity index (χ4n) is 1.42. The Morgan fingerprint density at radius 2 is 1.86 bits per heavy atom. The standard InChI is InChI=1S/C13H15BrF3NO3/c1-12(2,3)21-11(19)10(18)7-4-5-8(14)9(6-7)20-13(15,16)17/h4-6,10H,18H2,1-3H3. The molecule has 0 aliphatic heterocycles. The Morgan fingerprint density at radius 3 is 2.33 bits per heavy atom. The van der Waals surface area contributed by atoms with E-state index < -0.39 is 29.7 Å². The molecule has 4 nitrogen and oxygen atoms in total. The Morgan fingerprint density at radius 1 is 1.29 bits per heavy atom. The third-order valence-corrected chi connectivity index (χ3v) is 2.86. The average Bonchev–Trinajstić information content (AvgIpc) is 2.27. The van der Waals surface area contributed by atoms with Crippen LogP contribution in [0.5, 0.6) is 5.75 Å². The fourth-order valence-corrected chi connectivity index (χ4v) is 1.75. The highest BCUT2D eigenvalue weighted by Gasteiger charge is 2.32. The molecule has 0 saturated heterocycles. The van der Waals surface area contributed by atoms with Gasteiger partial charge in [-0.05, 0) is 54.4 Å². The van der Waals surface area contributed by atoms with Crippen molar-refractivity contribution in [2.75, 3.05) is 0 Å². The molecule has 8 heteroatoms. The molecule has 0 aromatic heterocycles. The second-order valence-electron chi connectivity index (χ2n) is 5.25. The molecule has 0 aliphatic rings. The molecule has 118 valence electrons. The Labute approximate surface area is 128 Å². The van der Waals surface area contributed by atoms with Crippen LogP contribution in [0.25, 0.3) is 0 Å². The van der Waals surface area contributed by atoms with Crippen LogP contribution in [0, 0.1) is 0 Å². The van der Waals surface area contributed by atoms with Crippen LogP contribution in [0.1, 0.15) is 32.4 Å². The van der Waals surface area contributed by atoms with E-state index in [1.54, 1.807) is 20.8 Å². The SMILES string of the molecule is CC(C)(C)OC(=O)C(N)c1ccc(Br)c(OC(F)(F)F)c1. The Bertz CT molecular complexity index is 526. The van der Waals surface area contributed by atoms with Crippen molar-refractivity contribution in [3.05, 3.63) is 28.2 Å². The Kier molecular flexibility index (Phi) is 5.27. The van der Waals surface area contributed by atoms with Crippen LogP contribution in [0.15, 0.2) is 22.7 Å². The van der Waals surface area contributed by atoms with E-state index in [-0.39, 0.29) is 10.0 Å². The van der Waals surface area contributed by atoms with Crippen molar-refractivity contribution in [2.45, 2.75) is 38.8 Å². The number of rotatable bonds is 3. The third kappa shape index (κ3) is 5.92. The summed E-state index contributed by atoms with van der Waals surface area (Å²) in [4.78, 5) is 11.8. The highest BCUT2D eigenvalue weighted by Crippen LogP contribution is 2.32. The fraction of sp³-hybridized carbons (Fsp3) is 0.462. The number of hydrogen-bond donors (Lipinski definition) is 1. The maximum absolute atomic E-state index is 12.3. The maximum Gasteiger partial charge on any atom is 0.573 e. The number of benzene rings is 1. The molecule has 2 N–H and O–H groups in total. The van der Waals surface area contributed by atoms with E-state index in [0.717, 1.165) is 6.07 Å². The normalized spacial score (nSPS) is 13.7. The summed E-state index contributed by atoms with van der Waals surface area (Å²) in [7, 11) is 0. The molecule has 1 aromatic carbocycles. The number of halogens is 4. The minimum absolute atomic E-state index is 0.0972. The summed E-state index contributed by atoms with van der Waals surface area (Å²) in [5, 5.41) is 0. The first kappa shape index (κ1) is 17.8. The van der Waals surface area contributed by atoms with Crippen molar-refractivity contribution >= 4 is 21.9 Å². The summed E-state index contributed by atoms with van der Waals surface area (Å²) in [6.45, 7) is 4.99. The monoisotopic (exact) mass is 369 g/mol. The van der Waals surface area contributed by atoms with Gasteiger partial charge in [-0.1, -0.05) is 6.07 Å². The summed E-state index contributed by atoms with van der Waals surface area (Å²) in [5.74, 6) is -1.21. The van der Waals surface area contributed by atoms with Crippen LogP contribution in [0.4, 0.5) is 13.2 Å². The van der Waals surface area contributed by atoms with Crippen molar-refractivity contribution in [1.29, 1.82) is 0 Å². The van der Waals surface area contributed by atoms with E-state index >= 15 is 0 Å². The molecule has 0 amide bonds. The molecule has 1 rings (SSSR count). The smallest absolute Gasteiger partial charge is 0.459 e. The van der Waals surface area contributed by atoms with Gasteiger partial charge in [0.1, 0.15) is 17.4 Å².